The number of para-hydroxylation sites is 1. The van der Waals surface area contributed by atoms with Gasteiger partial charge in [-0.15, -0.1) is 11.3 Å². The number of ether oxygens (including phenoxy) is 1. The number of carbonyl (C=O) groups is 2. The van der Waals surface area contributed by atoms with Gasteiger partial charge in [0, 0.05) is 29.8 Å². The Bertz CT molecular complexity index is 1480. The summed E-state index contributed by atoms with van der Waals surface area (Å²) >= 11 is 6.64. The molecule has 1 N–H and O–H groups in total. The van der Waals surface area contributed by atoms with Crippen LogP contribution >= 0.6 is 23.6 Å². The Labute approximate surface area is 266 Å². The maximum absolute atomic E-state index is 12.1. The number of benzene rings is 3. The third kappa shape index (κ3) is 7.52. The number of fused-ring (bicyclic) bond motifs is 1. The summed E-state index contributed by atoms with van der Waals surface area (Å²) in [4.78, 5) is 32.4. The van der Waals surface area contributed by atoms with Crippen molar-refractivity contribution in [2.45, 2.75) is 18.9 Å². The molecule has 0 radical (unpaired) electrons. The molecule has 0 aliphatic rings. The number of thiazole rings is 1. The monoisotopic (exact) mass is 551 g/mol. The molecule has 12 heteroatoms. The van der Waals surface area contributed by atoms with Crippen LogP contribution in [0.15, 0.2) is 77.8 Å². The molecule has 4 rings (SSSR count). The van der Waals surface area contributed by atoms with E-state index in [0.29, 0.717) is 26.8 Å². The van der Waals surface area contributed by atoms with Crippen LogP contribution in [0.4, 0.5) is 17.1 Å². The number of anilines is 2. The van der Waals surface area contributed by atoms with Crippen molar-refractivity contribution in [1.82, 2.24) is 4.98 Å². The predicted molar refractivity (Wildman–Crippen MR) is 134 cm³/mol. The average Bonchev–Trinajstić information content (AvgIpc) is 3.19. The van der Waals surface area contributed by atoms with E-state index in [1.54, 1.807) is 54.6 Å². The Hall–Kier alpha value is -2.02. The van der Waals surface area contributed by atoms with Gasteiger partial charge in [0.15, 0.2) is 10.4 Å². The van der Waals surface area contributed by atoms with Crippen molar-refractivity contribution in [1.29, 1.82) is 0 Å². The predicted octanol–water partition coefficient (Wildman–Crippen LogP) is -2.51. The van der Waals surface area contributed by atoms with Crippen molar-refractivity contribution in [3.63, 3.8) is 0 Å². The first-order valence-corrected chi connectivity index (χ1v) is 11.7. The van der Waals surface area contributed by atoms with E-state index in [1.165, 1.54) is 29.6 Å². The van der Waals surface area contributed by atoms with Gasteiger partial charge in [0.1, 0.15) is 5.75 Å². The Morgan fingerprint density at radius 1 is 1.05 bits per heavy atom. The Kier molecular flexibility index (Phi) is 11.5. The summed E-state index contributed by atoms with van der Waals surface area (Å²) in [6.45, 7) is 1.28. The van der Waals surface area contributed by atoms with E-state index in [1.807, 2.05) is 18.2 Å². The standard InChI is InChI=1S/C25H21N3O5S2.2Na/c1-25(23(31)32,14-22(29)30)28(17-6-3-2-4-7-17)18-8-5-9-19(13-18)33-15-26-16-10-11-21-20(12-16)27-24(34)35-21;;/h2-13,15H,14H2,1H3,(H,27,34)(H,29,30)(H,31,32);;/q;2*+1/p-2. The number of aromatic amines is 1. The first kappa shape index (κ1) is 31.2. The number of aliphatic carboxylic acids is 2. The molecule has 0 aliphatic carbocycles. The fourth-order valence-corrected chi connectivity index (χ4v) is 4.78. The number of H-pyrrole nitrogens is 1. The van der Waals surface area contributed by atoms with Crippen LogP contribution < -0.4 is 79.0 Å². The summed E-state index contributed by atoms with van der Waals surface area (Å²) < 4.78 is 7.37. The maximum atomic E-state index is 12.1. The van der Waals surface area contributed by atoms with Gasteiger partial charge in [-0.1, -0.05) is 24.3 Å². The van der Waals surface area contributed by atoms with E-state index >= 15 is 0 Å². The molecular formula is C25H19N3Na2O5S2. The number of hydrogen-bond acceptors (Lipinski definition) is 9. The van der Waals surface area contributed by atoms with Gasteiger partial charge in [0.05, 0.1) is 27.4 Å². The second-order valence-electron chi connectivity index (χ2n) is 7.83. The molecule has 0 saturated heterocycles. The third-order valence-corrected chi connectivity index (χ3v) is 6.52. The minimum Gasteiger partial charge on any atom is -0.550 e. The van der Waals surface area contributed by atoms with Crippen LogP contribution in [0, 0.1) is 3.95 Å². The zero-order chi connectivity index (χ0) is 25.0. The smallest absolute Gasteiger partial charge is 0.550 e. The van der Waals surface area contributed by atoms with Gasteiger partial charge in [0.2, 0.25) is 0 Å². The van der Waals surface area contributed by atoms with Gasteiger partial charge < -0.3 is 34.4 Å². The van der Waals surface area contributed by atoms with Crippen LogP contribution in [0.3, 0.4) is 0 Å². The largest absolute Gasteiger partial charge is 1.00 e. The van der Waals surface area contributed by atoms with Gasteiger partial charge in [-0.3, -0.25) is 0 Å². The summed E-state index contributed by atoms with van der Waals surface area (Å²) in [6, 6.07) is 20.8. The van der Waals surface area contributed by atoms with Crippen LogP contribution in [0.1, 0.15) is 13.3 Å². The van der Waals surface area contributed by atoms with Gasteiger partial charge in [0.25, 0.3) is 0 Å². The number of carbonyl (C=O) groups excluding carboxylic acids is 2. The summed E-state index contributed by atoms with van der Waals surface area (Å²) in [5, 5.41) is 23.6. The van der Waals surface area contributed by atoms with E-state index in [4.69, 9.17) is 17.0 Å². The van der Waals surface area contributed by atoms with Gasteiger partial charge in [-0.05, 0) is 61.6 Å². The molecule has 178 valence electrons. The van der Waals surface area contributed by atoms with Crippen LogP contribution in [-0.2, 0) is 9.59 Å². The van der Waals surface area contributed by atoms with Crippen LogP contribution in [0.2, 0.25) is 0 Å². The number of nitrogens with one attached hydrogen (secondary N) is 1. The molecule has 0 amide bonds. The maximum Gasteiger partial charge on any atom is 1.00 e. The zero-order valence-corrected chi connectivity index (χ0v) is 26.1. The number of carboxylic acids is 2. The van der Waals surface area contributed by atoms with E-state index in [-0.39, 0.29) is 59.1 Å². The minimum atomic E-state index is -1.93. The zero-order valence-electron chi connectivity index (χ0n) is 20.5. The number of aliphatic imine (C=N–C) groups is 1. The Morgan fingerprint density at radius 2 is 1.76 bits per heavy atom. The number of rotatable bonds is 9. The SMILES string of the molecule is CC(CC(=O)[O-])(C(=O)[O-])N(c1ccccc1)c1cccc(OC=Nc2ccc3sc(=S)[nH]c3c2)c1.[Na+].[Na+]. The molecule has 0 saturated carbocycles. The first-order chi connectivity index (χ1) is 16.8. The fourth-order valence-electron chi connectivity index (χ4n) is 3.68. The van der Waals surface area contributed by atoms with Gasteiger partial charge in [-0.2, -0.15) is 0 Å². The number of hydrogen-bond donors (Lipinski definition) is 1. The molecule has 1 unspecified atom stereocenters. The van der Waals surface area contributed by atoms with Gasteiger partial charge >= 0.3 is 59.1 Å². The molecule has 0 bridgehead atoms. The molecule has 1 heterocycles. The molecule has 3 aromatic carbocycles. The van der Waals surface area contributed by atoms with Crippen molar-refractivity contribution in [2.24, 2.45) is 4.99 Å². The number of nitrogens with zero attached hydrogens (tertiary/aromatic N) is 2. The first-order valence-electron chi connectivity index (χ1n) is 10.4. The summed E-state index contributed by atoms with van der Waals surface area (Å²) in [5.41, 5.74) is 0.463. The van der Waals surface area contributed by atoms with E-state index in [2.05, 4.69) is 9.98 Å². The number of carboxylic acid groups (broad SMARTS) is 2. The minimum absolute atomic E-state index is 0. The van der Waals surface area contributed by atoms with Crippen molar-refractivity contribution in [2.75, 3.05) is 4.90 Å². The number of aromatic nitrogens is 1. The third-order valence-electron chi connectivity index (χ3n) is 5.31. The summed E-state index contributed by atoms with van der Waals surface area (Å²) in [6.07, 6.45) is 0.484. The second-order valence-corrected chi connectivity index (χ2v) is 9.54. The van der Waals surface area contributed by atoms with Crippen molar-refractivity contribution < 1.29 is 83.7 Å². The molecule has 37 heavy (non-hydrogen) atoms. The van der Waals surface area contributed by atoms with Crippen molar-refractivity contribution >= 4 is 69.2 Å². The van der Waals surface area contributed by atoms with E-state index < -0.39 is 23.9 Å². The normalized spacial score (nSPS) is 12.2. The second kappa shape index (κ2) is 13.7. The molecule has 0 fully saturated rings. The molecule has 4 aromatic rings. The van der Waals surface area contributed by atoms with Crippen LogP contribution in [-0.4, -0.2) is 28.9 Å². The van der Waals surface area contributed by atoms with Gasteiger partial charge in [-0.25, -0.2) is 4.99 Å². The van der Waals surface area contributed by atoms with E-state index in [9.17, 15) is 19.8 Å². The molecule has 0 aliphatic heterocycles. The van der Waals surface area contributed by atoms with Crippen molar-refractivity contribution in [3.05, 3.63) is 76.8 Å². The molecule has 1 atom stereocenters. The van der Waals surface area contributed by atoms with E-state index in [0.717, 1.165) is 10.2 Å². The summed E-state index contributed by atoms with van der Waals surface area (Å²) in [7, 11) is 0. The fraction of sp³-hybridized carbons (Fsp3) is 0.120. The molecule has 1 aromatic heterocycles. The van der Waals surface area contributed by atoms with Crippen LogP contribution in [0.5, 0.6) is 5.75 Å². The van der Waals surface area contributed by atoms with Crippen LogP contribution in [0.25, 0.3) is 10.2 Å². The Morgan fingerprint density at radius 3 is 2.43 bits per heavy atom. The average molecular weight is 552 g/mol. The van der Waals surface area contributed by atoms with Crippen molar-refractivity contribution in [3.8, 4) is 5.75 Å². The molecule has 8 nitrogen and oxygen atoms in total. The topological polar surface area (TPSA) is 121 Å². The molecular weight excluding hydrogens is 532 g/mol. The Balaban J connectivity index is 0.00000241. The summed E-state index contributed by atoms with van der Waals surface area (Å²) in [5.74, 6) is -2.70. The molecule has 0 spiro atoms. The quantitative estimate of drug-likeness (QED) is 0.106.